The number of hydrogen-bond donors (Lipinski definition) is 1. The predicted molar refractivity (Wildman–Crippen MR) is 150 cm³/mol. The highest BCUT2D eigenvalue weighted by molar-refractivity contribution is 7.88. The third kappa shape index (κ3) is 7.00. The number of nitrogens with one attached hydrogen (secondary N) is 1. The normalized spacial score (nSPS) is 18.6. The molecule has 2 aliphatic rings. The van der Waals surface area contributed by atoms with E-state index in [2.05, 4.69) is 37.1 Å². The largest absolute Gasteiger partial charge is 0.420 e. The summed E-state index contributed by atoms with van der Waals surface area (Å²) in [5.41, 5.74) is 0.198. The van der Waals surface area contributed by atoms with Crippen molar-refractivity contribution in [2.24, 2.45) is 0 Å². The molecule has 2 fully saturated rings. The lowest BCUT2D eigenvalue weighted by Gasteiger charge is -2.32. The van der Waals surface area contributed by atoms with Crippen LogP contribution in [-0.4, -0.2) is 101 Å². The smallest absolute Gasteiger partial charge is 0.351 e. The van der Waals surface area contributed by atoms with Crippen LogP contribution in [0, 0.1) is 0 Å². The molecule has 1 aromatic carbocycles. The quantitative estimate of drug-likeness (QED) is 0.432. The number of nitrogens with zero attached hydrogens (tertiary/aromatic N) is 7. The van der Waals surface area contributed by atoms with Crippen molar-refractivity contribution >= 4 is 27.6 Å². The van der Waals surface area contributed by atoms with E-state index < -0.39 is 21.8 Å². The Morgan fingerprint density at radius 2 is 1.78 bits per heavy atom. The minimum absolute atomic E-state index is 0.0209. The second-order valence-electron chi connectivity index (χ2n) is 10.5. The van der Waals surface area contributed by atoms with E-state index in [1.807, 2.05) is 12.1 Å². The number of halogens is 4. The summed E-state index contributed by atoms with van der Waals surface area (Å²) in [4.78, 5) is 17.0. The molecule has 2 saturated heterocycles. The molecule has 10 nitrogen and oxygen atoms in total. The Morgan fingerprint density at radius 1 is 1.07 bits per heavy atom. The first-order valence-corrected chi connectivity index (χ1v) is 15.5. The van der Waals surface area contributed by atoms with Gasteiger partial charge < -0.3 is 14.8 Å². The Labute approximate surface area is 242 Å². The van der Waals surface area contributed by atoms with Crippen LogP contribution >= 0.6 is 11.6 Å². The van der Waals surface area contributed by atoms with Crippen molar-refractivity contribution in [3.05, 3.63) is 53.1 Å². The molecule has 3 aromatic rings. The number of piperazine rings is 1. The second-order valence-corrected chi connectivity index (χ2v) is 12.9. The van der Waals surface area contributed by atoms with Crippen LogP contribution < -0.4 is 5.32 Å². The van der Waals surface area contributed by atoms with Gasteiger partial charge in [0.1, 0.15) is 23.3 Å². The Bertz CT molecular complexity index is 1480. The van der Waals surface area contributed by atoms with Crippen molar-refractivity contribution in [2.45, 2.75) is 31.6 Å². The minimum atomic E-state index is -4.70. The molecule has 0 saturated carbocycles. The molecule has 0 radical (unpaired) electrons. The van der Waals surface area contributed by atoms with E-state index in [0.717, 1.165) is 44.2 Å². The van der Waals surface area contributed by atoms with Gasteiger partial charge in [0.25, 0.3) is 0 Å². The maximum Gasteiger partial charge on any atom is 0.420 e. The molecule has 2 aromatic heterocycles. The first-order chi connectivity index (χ1) is 19.4. The third-order valence-electron chi connectivity index (χ3n) is 7.50. The molecular formula is C26H32ClF3N8O2S. The van der Waals surface area contributed by atoms with Gasteiger partial charge in [0.15, 0.2) is 0 Å². The Balaban J connectivity index is 1.38. The van der Waals surface area contributed by atoms with E-state index in [1.54, 1.807) is 10.6 Å². The number of alkyl halides is 3. The van der Waals surface area contributed by atoms with E-state index in [9.17, 15) is 21.6 Å². The molecule has 4 heterocycles. The summed E-state index contributed by atoms with van der Waals surface area (Å²) in [6.07, 6.45) is 1.06. The van der Waals surface area contributed by atoms with Crippen molar-refractivity contribution in [3.8, 4) is 17.1 Å². The summed E-state index contributed by atoms with van der Waals surface area (Å²) in [6, 6.07) is 5.43. The van der Waals surface area contributed by atoms with Crippen molar-refractivity contribution in [3.63, 3.8) is 0 Å². The number of aromatic nitrogens is 4. The molecule has 41 heavy (non-hydrogen) atoms. The highest BCUT2D eigenvalue weighted by Crippen LogP contribution is 2.36. The SMILES string of the molecule is CN1CCN(Cc2cccc(-n3cnc(-c4nc(NC5CCN(S(C)(=O)=O)CC5)ncc4C(F)(F)F)c3)c2Cl)CC1. The van der Waals surface area contributed by atoms with Gasteiger partial charge in [-0.3, -0.25) is 4.90 Å². The molecule has 0 spiro atoms. The number of imidazole rings is 1. The highest BCUT2D eigenvalue weighted by Gasteiger charge is 2.36. The number of sulfonamides is 1. The Kier molecular flexibility index (Phi) is 8.58. The summed E-state index contributed by atoms with van der Waals surface area (Å²) >= 11 is 6.78. The van der Waals surface area contributed by atoms with Gasteiger partial charge in [-0.15, -0.1) is 0 Å². The lowest BCUT2D eigenvalue weighted by atomic mass is 10.1. The summed E-state index contributed by atoms with van der Waals surface area (Å²) in [5.74, 6) is 0.0209. The van der Waals surface area contributed by atoms with Crippen LogP contribution in [0.3, 0.4) is 0 Å². The van der Waals surface area contributed by atoms with Gasteiger partial charge in [-0.25, -0.2) is 27.7 Å². The Hall–Kier alpha value is -2.78. The van der Waals surface area contributed by atoms with Crippen LogP contribution in [0.4, 0.5) is 19.1 Å². The van der Waals surface area contributed by atoms with Gasteiger partial charge in [0, 0.05) is 64.2 Å². The molecule has 2 aliphatic heterocycles. The number of rotatable bonds is 7. The molecule has 222 valence electrons. The van der Waals surface area contributed by atoms with E-state index in [-0.39, 0.29) is 23.4 Å². The van der Waals surface area contributed by atoms with Gasteiger partial charge in [-0.1, -0.05) is 23.7 Å². The molecule has 0 unspecified atom stereocenters. The van der Waals surface area contributed by atoms with Crippen molar-refractivity contribution in [1.82, 2.24) is 33.6 Å². The molecule has 0 bridgehead atoms. The predicted octanol–water partition coefficient (Wildman–Crippen LogP) is 3.58. The van der Waals surface area contributed by atoms with E-state index in [0.29, 0.717) is 43.2 Å². The molecular weight excluding hydrogens is 581 g/mol. The molecule has 5 rings (SSSR count). The lowest BCUT2D eigenvalue weighted by molar-refractivity contribution is -0.137. The fourth-order valence-electron chi connectivity index (χ4n) is 5.08. The number of benzene rings is 1. The van der Waals surface area contributed by atoms with Crippen LogP contribution in [0.2, 0.25) is 5.02 Å². The monoisotopic (exact) mass is 612 g/mol. The molecule has 15 heteroatoms. The summed E-state index contributed by atoms with van der Waals surface area (Å²) in [6.45, 7) is 5.08. The number of likely N-dealkylation sites (N-methyl/N-ethyl adjacent to an activating group) is 1. The van der Waals surface area contributed by atoms with Crippen LogP contribution in [0.15, 0.2) is 36.9 Å². The van der Waals surface area contributed by atoms with Crippen molar-refractivity contribution < 1.29 is 21.6 Å². The fourth-order valence-corrected chi connectivity index (χ4v) is 6.24. The second kappa shape index (κ2) is 11.8. The van der Waals surface area contributed by atoms with Crippen LogP contribution in [-0.2, 0) is 22.7 Å². The third-order valence-corrected chi connectivity index (χ3v) is 9.24. The van der Waals surface area contributed by atoms with Gasteiger partial charge in [-0.05, 0) is 31.5 Å². The Morgan fingerprint density at radius 3 is 2.44 bits per heavy atom. The minimum Gasteiger partial charge on any atom is -0.351 e. The van der Waals surface area contributed by atoms with Gasteiger partial charge >= 0.3 is 6.18 Å². The standard InChI is InChI=1S/C26H32ClF3N8O2S/c1-35-10-12-36(13-11-35)15-18-4-3-5-22(23(18)27)37-16-21(32-17-37)24-20(26(28,29)30)14-31-25(34-24)33-19-6-8-38(9-7-19)41(2,39)40/h3-5,14,16-17,19H,6-13,15H2,1-2H3,(H,31,33,34). The van der Waals surface area contributed by atoms with E-state index >= 15 is 0 Å². The summed E-state index contributed by atoms with van der Waals surface area (Å²) in [7, 11) is -1.21. The van der Waals surface area contributed by atoms with Crippen molar-refractivity contribution in [2.75, 3.05) is 57.9 Å². The number of anilines is 1. The van der Waals surface area contributed by atoms with Crippen LogP contribution in [0.5, 0.6) is 0 Å². The van der Waals surface area contributed by atoms with Crippen LogP contribution in [0.1, 0.15) is 24.0 Å². The van der Waals surface area contributed by atoms with E-state index in [4.69, 9.17) is 11.6 Å². The molecule has 0 aliphatic carbocycles. The fraction of sp³-hybridized carbons (Fsp3) is 0.500. The summed E-state index contributed by atoms with van der Waals surface area (Å²) in [5, 5.41) is 3.57. The van der Waals surface area contributed by atoms with Crippen molar-refractivity contribution in [1.29, 1.82) is 0 Å². The van der Waals surface area contributed by atoms with E-state index in [1.165, 1.54) is 16.8 Å². The number of hydrogen-bond acceptors (Lipinski definition) is 8. The first-order valence-electron chi connectivity index (χ1n) is 13.3. The molecule has 0 atom stereocenters. The zero-order valence-corrected chi connectivity index (χ0v) is 24.3. The summed E-state index contributed by atoms with van der Waals surface area (Å²) < 4.78 is 68.4. The zero-order chi connectivity index (χ0) is 29.4. The van der Waals surface area contributed by atoms with Gasteiger partial charge in [0.2, 0.25) is 16.0 Å². The molecule has 0 amide bonds. The average Bonchev–Trinajstić information content (AvgIpc) is 3.40. The molecule has 1 N–H and O–H groups in total. The first kappa shape index (κ1) is 29.7. The van der Waals surface area contributed by atoms with Crippen LogP contribution in [0.25, 0.3) is 17.1 Å². The van der Waals surface area contributed by atoms with Gasteiger partial charge in [0.05, 0.1) is 17.0 Å². The highest BCUT2D eigenvalue weighted by atomic mass is 35.5. The maximum absolute atomic E-state index is 13.9. The number of piperidine rings is 1. The average molecular weight is 613 g/mol. The zero-order valence-electron chi connectivity index (χ0n) is 22.8. The maximum atomic E-state index is 13.9. The van der Waals surface area contributed by atoms with Gasteiger partial charge in [-0.2, -0.15) is 13.2 Å². The lowest BCUT2D eigenvalue weighted by Crippen LogP contribution is -2.43. The topological polar surface area (TPSA) is 99.5 Å².